The van der Waals surface area contributed by atoms with Gasteiger partial charge in [-0.15, -0.1) is 6.58 Å². The molecule has 1 rings (SSSR count). The Morgan fingerprint density at radius 2 is 2.67 bits per heavy atom. The highest BCUT2D eigenvalue weighted by molar-refractivity contribution is 4.88. The molecule has 0 amide bonds. The van der Waals surface area contributed by atoms with E-state index in [2.05, 4.69) is 27.9 Å². The van der Waals surface area contributed by atoms with Crippen molar-refractivity contribution in [1.82, 2.24) is 15.0 Å². The van der Waals surface area contributed by atoms with Crippen LogP contribution < -0.4 is 0 Å². The number of rotatable bonds is 2. The van der Waals surface area contributed by atoms with E-state index in [1.165, 1.54) is 6.33 Å². The first-order chi connectivity index (χ1) is 4.43. The summed E-state index contributed by atoms with van der Waals surface area (Å²) < 4.78 is 0. The zero-order valence-corrected chi connectivity index (χ0v) is 4.91. The van der Waals surface area contributed by atoms with E-state index in [1.807, 2.05) is 0 Å². The van der Waals surface area contributed by atoms with E-state index in [9.17, 15) is 0 Å². The van der Waals surface area contributed by atoms with Crippen LogP contribution in [0.2, 0.25) is 0 Å². The van der Waals surface area contributed by atoms with Gasteiger partial charge in [0.05, 0.1) is 0 Å². The molecular formula is C6H6N3. The van der Waals surface area contributed by atoms with Gasteiger partial charge in [-0.2, -0.15) is 0 Å². The van der Waals surface area contributed by atoms with E-state index in [4.69, 9.17) is 0 Å². The summed E-state index contributed by atoms with van der Waals surface area (Å²) in [6.07, 6.45) is 6.28. The number of hydrogen-bond acceptors (Lipinski definition) is 3. The average molecular weight is 120 g/mol. The molecule has 45 valence electrons. The van der Waals surface area contributed by atoms with Gasteiger partial charge < -0.3 is 0 Å². The summed E-state index contributed by atoms with van der Waals surface area (Å²) >= 11 is 0. The monoisotopic (exact) mass is 120 g/mol. The highest BCUT2D eigenvalue weighted by atomic mass is 15.0. The first-order valence-corrected chi connectivity index (χ1v) is 2.58. The molecule has 0 aliphatic heterocycles. The summed E-state index contributed by atoms with van der Waals surface area (Å²) in [7, 11) is 0. The molecule has 0 bridgehead atoms. The van der Waals surface area contributed by atoms with Crippen molar-refractivity contribution in [3.05, 3.63) is 31.1 Å². The minimum Gasteiger partial charge on any atom is -0.221 e. The molecule has 1 aromatic heterocycles. The van der Waals surface area contributed by atoms with Gasteiger partial charge in [0.2, 0.25) is 6.33 Å². The van der Waals surface area contributed by atoms with Gasteiger partial charge in [-0.05, 0) is 0 Å². The lowest BCUT2D eigenvalue weighted by Gasteiger charge is -1.87. The van der Waals surface area contributed by atoms with Crippen molar-refractivity contribution in [2.24, 2.45) is 0 Å². The molecule has 0 aliphatic carbocycles. The highest BCUT2D eigenvalue weighted by Crippen LogP contribution is 1.85. The summed E-state index contributed by atoms with van der Waals surface area (Å²) in [6, 6.07) is 0. The van der Waals surface area contributed by atoms with Gasteiger partial charge in [0.15, 0.2) is 0 Å². The minimum absolute atomic E-state index is 0.680. The lowest BCUT2D eigenvalue weighted by atomic mass is 10.4. The molecule has 1 aromatic rings. The second kappa shape index (κ2) is 2.91. The zero-order chi connectivity index (χ0) is 6.53. The van der Waals surface area contributed by atoms with Crippen LogP contribution in [0.4, 0.5) is 0 Å². The Labute approximate surface area is 53.5 Å². The Balaban J connectivity index is 2.72. The smallest absolute Gasteiger partial charge is 0.201 e. The van der Waals surface area contributed by atoms with Gasteiger partial charge in [-0.25, -0.2) is 15.0 Å². The standard InChI is InChI=1S/C6H6N3/c1-2-3-6-8-4-7-5-9-6/h2,4H,1,3H2. The van der Waals surface area contributed by atoms with Crippen LogP contribution >= 0.6 is 0 Å². The van der Waals surface area contributed by atoms with Crippen LogP contribution in [0.1, 0.15) is 5.82 Å². The molecule has 3 heteroatoms. The summed E-state index contributed by atoms with van der Waals surface area (Å²) in [5.41, 5.74) is 0. The molecule has 9 heavy (non-hydrogen) atoms. The van der Waals surface area contributed by atoms with E-state index in [-0.39, 0.29) is 0 Å². The highest BCUT2D eigenvalue weighted by Gasteiger charge is 1.87. The quantitative estimate of drug-likeness (QED) is 0.530. The Morgan fingerprint density at radius 3 is 3.22 bits per heavy atom. The van der Waals surface area contributed by atoms with E-state index in [0.29, 0.717) is 12.2 Å². The molecular weight excluding hydrogens is 114 g/mol. The van der Waals surface area contributed by atoms with Crippen LogP contribution in [0.25, 0.3) is 0 Å². The molecule has 0 saturated carbocycles. The molecule has 0 atom stereocenters. The predicted octanol–water partition coefficient (Wildman–Crippen LogP) is 0.400. The van der Waals surface area contributed by atoms with Crippen molar-refractivity contribution < 1.29 is 0 Å². The van der Waals surface area contributed by atoms with Crippen molar-refractivity contribution in [3.63, 3.8) is 0 Å². The molecule has 0 aliphatic rings. The Morgan fingerprint density at radius 1 is 1.78 bits per heavy atom. The van der Waals surface area contributed by atoms with Crippen molar-refractivity contribution in [3.8, 4) is 0 Å². The molecule has 1 heterocycles. The second-order valence-electron chi connectivity index (χ2n) is 1.49. The predicted molar refractivity (Wildman–Crippen MR) is 32.6 cm³/mol. The molecule has 3 nitrogen and oxygen atoms in total. The second-order valence-corrected chi connectivity index (χ2v) is 1.49. The van der Waals surface area contributed by atoms with Gasteiger partial charge in [0.1, 0.15) is 12.2 Å². The number of aromatic nitrogens is 3. The average Bonchev–Trinajstić information content (AvgIpc) is 1.91. The van der Waals surface area contributed by atoms with E-state index >= 15 is 0 Å². The SMILES string of the molecule is C=CCc1n[c]ncn1. The Kier molecular flexibility index (Phi) is 1.90. The van der Waals surface area contributed by atoms with Gasteiger partial charge in [-0.3, -0.25) is 0 Å². The lowest BCUT2D eigenvalue weighted by Crippen LogP contribution is -1.91. The lowest BCUT2D eigenvalue weighted by molar-refractivity contribution is 0.924. The van der Waals surface area contributed by atoms with E-state index in [1.54, 1.807) is 6.08 Å². The maximum absolute atomic E-state index is 3.84. The number of allylic oxidation sites excluding steroid dienone is 1. The molecule has 0 unspecified atom stereocenters. The molecule has 0 aromatic carbocycles. The van der Waals surface area contributed by atoms with Crippen molar-refractivity contribution >= 4 is 0 Å². The van der Waals surface area contributed by atoms with E-state index < -0.39 is 0 Å². The molecule has 0 N–H and O–H groups in total. The first kappa shape index (κ1) is 5.88. The van der Waals surface area contributed by atoms with Crippen LogP contribution in [0.5, 0.6) is 0 Å². The molecule has 0 fully saturated rings. The molecule has 1 radical (unpaired) electrons. The normalized spacial score (nSPS) is 8.89. The fourth-order valence-corrected chi connectivity index (χ4v) is 0.464. The van der Waals surface area contributed by atoms with Crippen LogP contribution in [0, 0.1) is 6.33 Å². The van der Waals surface area contributed by atoms with Crippen LogP contribution in [0.15, 0.2) is 19.0 Å². The number of hydrogen-bond donors (Lipinski definition) is 0. The van der Waals surface area contributed by atoms with Gasteiger partial charge >= 0.3 is 0 Å². The van der Waals surface area contributed by atoms with Crippen LogP contribution in [-0.4, -0.2) is 15.0 Å². The number of nitrogens with zero attached hydrogens (tertiary/aromatic N) is 3. The zero-order valence-electron chi connectivity index (χ0n) is 4.91. The van der Waals surface area contributed by atoms with Crippen molar-refractivity contribution in [2.75, 3.05) is 0 Å². The third kappa shape index (κ3) is 1.60. The third-order valence-electron chi connectivity index (χ3n) is 0.828. The van der Waals surface area contributed by atoms with Crippen molar-refractivity contribution in [1.29, 1.82) is 0 Å². The molecule has 0 spiro atoms. The largest absolute Gasteiger partial charge is 0.221 e. The summed E-state index contributed by atoms with van der Waals surface area (Å²) in [5.74, 6) is 0.708. The van der Waals surface area contributed by atoms with E-state index in [0.717, 1.165) is 0 Å². The Hall–Kier alpha value is -1.25. The summed E-state index contributed by atoms with van der Waals surface area (Å²) in [4.78, 5) is 11.1. The maximum atomic E-state index is 3.84. The molecule has 0 saturated heterocycles. The minimum atomic E-state index is 0.680. The van der Waals surface area contributed by atoms with Crippen molar-refractivity contribution in [2.45, 2.75) is 6.42 Å². The fraction of sp³-hybridized carbons (Fsp3) is 0.167. The Bertz CT molecular complexity index is 183. The van der Waals surface area contributed by atoms with Crippen LogP contribution in [0.3, 0.4) is 0 Å². The van der Waals surface area contributed by atoms with Crippen LogP contribution in [-0.2, 0) is 6.42 Å². The topological polar surface area (TPSA) is 38.7 Å². The van der Waals surface area contributed by atoms with Gasteiger partial charge in [-0.1, -0.05) is 6.08 Å². The summed E-state index contributed by atoms with van der Waals surface area (Å²) in [6.45, 7) is 3.54. The fourth-order valence-electron chi connectivity index (χ4n) is 0.464. The maximum Gasteiger partial charge on any atom is 0.201 e. The third-order valence-corrected chi connectivity index (χ3v) is 0.828. The van der Waals surface area contributed by atoms with Gasteiger partial charge in [0, 0.05) is 6.42 Å². The van der Waals surface area contributed by atoms with Gasteiger partial charge in [0.25, 0.3) is 0 Å². The first-order valence-electron chi connectivity index (χ1n) is 2.58. The summed E-state index contributed by atoms with van der Waals surface area (Å²) in [5, 5.41) is 0.